The Morgan fingerprint density at radius 2 is 2.33 bits per heavy atom. The third-order valence-corrected chi connectivity index (χ3v) is 4.75. The van der Waals surface area contributed by atoms with E-state index < -0.39 is 0 Å². The zero-order chi connectivity index (χ0) is 17.1. The number of carbonyl (C=O) groups excluding carboxylic acids is 1. The molecule has 0 aliphatic heterocycles. The van der Waals surface area contributed by atoms with Crippen LogP contribution >= 0.6 is 12.2 Å². The Bertz CT molecular complexity index is 783. The molecule has 1 aromatic carbocycles. The number of methoxy groups -OCH3 is 1. The number of amides is 1. The lowest BCUT2D eigenvalue weighted by Crippen LogP contribution is -2.42. The minimum Gasteiger partial charge on any atom is -0.379 e. The Kier molecular flexibility index (Phi) is 5.11. The number of carbonyl (C=O) groups is 1. The molecule has 0 radical (unpaired) electrons. The summed E-state index contributed by atoms with van der Waals surface area (Å²) in [6.45, 7) is 2.17. The van der Waals surface area contributed by atoms with E-state index in [-0.39, 0.29) is 24.6 Å². The summed E-state index contributed by atoms with van der Waals surface area (Å²) in [5.74, 6) is 0.601. The van der Waals surface area contributed by atoms with Gasteiger partial charge in [0.05, 0.1) is 12.1 Å². The van der Waals surface area contributed by atoms with Crippen LogP contribution in [0.1, 0.15) is 24.8 Å². The summed E-state index contributed by atoms with van der Waals surface area (Å²) in [6, 6.07) is 8.05. The zero-order valence-corrected chi connectivity index (χ0v) is 14.7. The van der Waals surface area contributed by atoms with Crippen molar-refractivity contribution >= 4 is 18.1 Å². The van der Waals surface area contributed by atoms with Crippen LogP contribution in [-0.2, 0) is 16.1 Å². The van der Waals surface area contributed by atoms with Crippen molar-refractivity contribution in [1.82, 2.24) is 20.1 Å². The molecular weight excluding hydrogens is 324 g/mol. The largest absolute Gasteiger partial charge is 0.379 e. The van der Waals surface area contributed by atoms with Gasteiger partial charge in [-0.05, 0) is 44.5 Å². The summed E-state index contributed by atoms with van der Waals surface area (Å²) >= 11 is 5.29. The van der Waals surface area contributed by atoms with Crippen molar-refractivity contribution in [2.75, 3.05) is 7.11 Å². The molecule has 0 saturated heterocycles. The van der Waals surface area contributed by atoms with E-state index >= 15 is 0 Å². The average Bonchev–Trinajstić information content (AvgIpc) is 3.14. The molecular formula is C17H22N4O2S. The van der Waals surface area contributed by atoms with Crippen LogP contribution in [0.3, 0.4) is 0 Å². The van der Waals surface area contributed by atoms with Crippen molar-refractivity contribution in [2.45, 2.75) is 44.9 Å². The maximum Gasteiger partial charge on any atom is 0.240 e. The maximum atomic E-state index is 12.5. The fraction of sp³-hybridized carbons (Fsp3) is 0.471. The van der Waals surface area contributed by atoms with E-state index in [4.69, 9.17) is 17.0 Å². The van der Waals surface area contributed by atoms with Crippen LogP contribution in [-0.4, -0.2) is 39.9 Å². The van der Waals surface area contributed by atoms with Gasteiger partial charge in [0.15, 0.2) is 10.6 Å². The van der Waals surface area contributed by atoms with E-state index in [2.05, 4.69) is 15.5 Å². The quantitative estimate of drug-likeness (QED) is 0.817. The lowest BCUT2D eigenvalue weighted by atomic mass is 10.1. The number of hydrogen-bond donors (Lipinski definition) is 2. The predicted molar refractivity (Wildman–Crippen MR) is 94.2 cm³/mol. The molecule has 6 nitrogen and oxygen atoms in total. The van der Waals surface area contributed by atoms with Crippen LogP contribution < -0.4 is 5.32 Å². The van der Waals surface area contributed by atoms with Crippen molar-refractivity contribution in [3.63, 3.8) is 0 Å². The summed E-state index contributed by atoms with van der Waals surface area (Å²) in [5, 5.41) is 10.1. The Labute approximate surface area is 146 Å². The standard InChI is InChI=1S/C17H22N4O2S/c1-11-5-3-6-12(9-11)16-19-20-17(24)21(16)10-15(22)18-13-7-4-8-14(13)23-2/h3,5-6,9,13-14H,4,7-8,10H2,1-2H3,(H,18,22)(H,20,24)/t13-,14-/m1/s1. The Morgan fingerprint density at radius 1 is 1.50 bits per heavy atom. The van der Waals surface area contributed by atoms with Crippen molar-refractivity contribution in [1.29, 1.82) is 0 Å². The van der Waals surface area contributed by atoms with E-state index in [1.165, 1.54) is 0 Å². The number of ether oxygens (including phenoxy) is 1. The first-order valence-corrected chi connectivity index (χ1v) is 8.53. The van der Waals surface area contributed by atoms with Gasteiger partial charge in [0.1, 0.15) is 6.54 Å². The van der Waals surface area contributed by atoms with Crippen LogP contribution in [0.4, 0.5) is 0 Å². The number of nitrogens with one attached hydrogen (secondary N) is 2. The molecule has 1 amide bonds. The van der Waals surface area contributed by atoms with Crippen LogP contribution in [0.15, 0.2) is 24.3 Å². The zero-order valence-electron chi connectivity index (χ0n) is 13.9. The van der Waals surface area contributed by atoms with E-state index in [1.54, 1.807) is 11.7 Å². The number of rotatable bonds is 5. The lowest BCUT2D eigenvalue weighted by molar-refractivity contribution is -0.123. The monoisotopic (exact) mass is 346 g/mol. The Balaban J connectivity index is 1.77. The smallest absolute Gasteiger partial charge is 0.240 e. The van der Waals surface area contributed by atoms with Gasteiger partial charge in [0.25, 0.3) is 0 Å². The molecule has 1 aromatic heterocycles. The molecule has 2 N–H and O–H groups in total. The van der Waals surface area contributed by atoms with Gasteiger partial charge in [-0.25, -0.2) is 0 Å². The molecule has 2 atom stereocenters. The number of hydrogen-bond acceptors (Lipinski definition) is 4. The molecule has 1 aliphatic rings. The molecule has 128 valence electrons. The summed E-state index contributed by atoms with van der Waals surface area (Å²) < 4.78 is 7.60. The molecule has 3 rings (SSSR count). The molecule has 1 saturated carbocycles. The van der Waals surface area contributed by atoms with Gasteiger partial charge in [0.2, 0.25) is 5.91 Å². The minimum absolute atomic E-state index is 0.0737. The summed E-state index contributed by atoms with van der Waals surface area (Å²) in [4.78, 5) is 12.5. The second-order valence-corrected chi connectivity index (χ2v) is 6.57. The first-order valence-electron chi connectivity index (χ1n) is 8.13. The van der Waals surface area contributed by atoms with Gasteiger partial charge in [0, 0.05) is 12.7 Å². The second-order valence-electron chi connectivity index (χ2n) is 6.19. The number of H-pyrrole nitrogens is 1. The van der Waals surface area contributed by atoms with Gasteiger partial charge in [-0.15, -0.1) is 0 Å². The van der Waals surface area contributed by atoms with E-state index in [9.17, 15) is 4.79 Å². The maximum absolute atomic E-state index is 12.5. The molecule has 24 heavy (non-hydrogen) atoms. The first-order chi connectivity index (χ1) is 11.6. The van der Waals surface area contributed by atoms with Crippen molar-refractivity contribution in [2.24, 2.45) is 0 Å². The fourth-order valence-electron chi connectivity index (χ4n) is 3.24. The number of benzene rings is 1. The Hall–Kier alpha value is -1.99. The van der Waals surface area contributed by atoms with Gasteiger partial charge in [-0.2, -0.15) is 5.10 Å². The molecule has 7 heteroatoms. The third-order valence-electron chi connectivity index (χ3n) is 4.44. The molecule has 0 bridgehead atoms. The van der Waals surface area contributed by atoms with Gasteiger partial charge >= 0.3 is 0 Å². The molecule has 1 heterocycles. The summed E-state index contributed by atoms with van der Waals surface area (Å²) in [6.07, 6.45) is 3.11. The summed E-state index contributed by atoms with van der Waals surface area (Å²) in [7, 11) is 1.69. The van der Waals surface area contributed by atoms with Crippen LogP contribution in [0.5, 0.6) is 0 Å². The fourth-order valence-corrected chi connectivity index (χ4v) is 3.43. The topological polar surface area (TPSA) is 71.9 Å². The van der Waals surface area contributed by atoms with Crippen LogP contribution in [0, 0.1) is 11.7 Å². The number of aryl methyl sites for hydroxylation is 1. The predicted octanol–water partition coefficient (Wildman–Crippen LogP) is 2.60. The van der Waals surface area contributed by atoms with Crippen molar-refractivity contribution < 1.29 is 9.53 Å². The van der Waals surface area contributed by atoms with Crippen molar-refractivity contribution in [3.8, 4) is 11.4 Å². The molecule has 2 aromatic rings. The average molecular weight is 346 g/mol. The summed E-state index contributed by atoms with van der Waals surface area (Å²) in [5.41, 5.74) is 2.07. The number of aromatic nitrogens is 3. The number of nitrogens with zero attached hydrogens (tertiary/aromatic N) is 2. The van der Waals surface area contributed by atoms with Gasteiger partial charge in [-0.3, -0.25) is 14.5 Å². The molecule has 1 fully saturated rings. The number of aromatic amines is 1. The highest BCUT2D eigenvalue weighted by Gasteiger charge is 2.28. The third kappa shape index (κ3) is 3.57. The highest BCUT2D eigenvalue weighted by atomic mass is 32.1. The van der Waals surface area contributed by atoms with E-state index in [1.807, 2.05) is 31.2 Å². The lowest BCUT2D eigenvalue weighted by Gasteiger charge is -2.19. The molecule has 0 spiro atoms. The Morgan fingerprint density at radius 3 is 3.08 bits per heavy atom. The highest BCUT2D eigenvalue weighted by molar-refractivity contribution is 7.71. The molecule has 1 aliphatic carbocycles. The normalized spacial score (nSPS) is 20.2. The van der Waals surface area contributed by atoms with Gasteiger partial charge < -0.3 is 10.1 Å². The molecule has 0 unspecified atom stereocenters. The van der Waals surface area contributed by atoms with Crippen molar-refractivity contribution in [3.05, 3.63) is 34.6 Å². The minimum atomic E-state index is -0.0737. The second kappa shape index (κ2) is 7.27. The van der Waals surface area contributed by atoms with Crippen LogP contribution in [0.2, 0.25) is 0 Å². The first kappa shape index (κ1) is 16.9. The SMILES string of the molecule is CO[C@@H]1CCC[C@H]1NC(=O)Cn1c(-c2cccc(C)c2)n[nH]c1=S. The van der Waals surface area contributed by atoms with E-state index in [0.29, 0.717) is 10.6 Å². The van der Waals surface area contributed by atoms with Gasteiger partial charge in [-0.1, -0.05) is 23.8 Å². The van der Waals surface area contributed by atoms with E-state index in [0.717, 1.165) is 30.4 Å². The highest BCUT2D eigenvalue weighted by Crippen LogP contribution is 2.22. The van der Waals surface area contributed by atoms with Crippen LogP contribution in [0.25, 0.3) is 11.4 Å².